The van der Waals surface area contributed by atoms with Gasteiger partial charge in [-0.15, -0.1) is 0 Å². The molecular formula is C12H22N2O. The summed E-state index contributed by atoms with van der Waals surface area (Å²) in [5.74, 6) is 0.109. The highest BCUT2D eigenvalue weighted by molar-refractivity contribution is 5.77. The van der Waals surface area contributed by atoms with Crippen molar-refractivity contribution < 1.29 is 4.79 Å². The Labute approximate surface area is 92.3 Å². The van der Waals surface area contributed by atoms with E-state index >= 15 is 0 Å². The van der Waals surface area contributed by atoms with Crippen LogP contribution in [0.1, 0.15) is 39.0 Å². The summed E-state index contributed by atoms with van der Waals surface area (Å²) < 4.78 is 0. The lowest BCUT2D eigenvalue weighted by molar-refractivity contribution is -0.120. The zero-order valence-electron chi connectivity index (χ0n) is 9.64. The lowest BCUT2D eigenvalue weighted by atomic mass is 10.2. The first-order chi connectivity index (χ1) is 7.33. The second-order valence-corrected chi connectivity index (χ2v) is 4.03. The van der Waals surface area contributed by atoms with Crippen LogP contribution in [-0.4, -0.2) is 25.5 Å². The lowest BCUT2D eigenvalue weighted by Gasteiger charge is -2.06. The smallest absolute Gasteiger partial charge is 0.233 e. The third-order valence-corrected chi connectivity index (χ3v) is 2.62. The minimum atomic E-state index is 0.109. The molecule has 1 aliphatic carbocycles. The van der Waals surface area contributed by atoms with Crippen LogP contribution in [0.15, 0.2) is 11.6 Å². The summed E-state index contributed by atoms with van der Waals surface area (Å²) in [4.78, 5) is 11.2. The average molecular weight is 210 g/mol. The molecular weight excluding hydrogens is 188 g/mol. The van der Waals surface area contributed by atoms with Crippen molar-refractivity contribution >= 4 is 5.91 Å². The molecule has 1 aliphatic rings. The van der Waals surface area contributed by atoms with Gasteiger partial charge in [-0.3, -0.25) is 4.79 Å². The zero-order chi connectivity index (χ0) is 10.9. The van der Waals surface area contributed by atoms with Gasteiger partial charge >= 0.3 is 0 Å². The summed E-state index contributed by atoms with van der Waals surface area (Å²) in [5, 5.41) is 6.01. The van der Waals surface area contributed by atoms with E-state index in [9.17, 15) is 4.79 Å². The molecule has 0 bridgehead atoms. The van der Waals surface area contributed by atoms with Gasteiger partial charge < -0.3 is 10.6 Å². The van der Waals surface area contributed by atoms with Crippen molar-refractivity contribution in [2.24, 2.45) is 0 Å². The molecule has 0 unspecified atom stereocenters. The van der Waals surface area contributed by atoms with Gasteiger partial charge in [-0.05, 0) is 38.6 Å². The summed E-state index contributed by atoms with van der Waals surface area (Å²) in [6.45, 7) is 4.21. The number of rotatable bonds is 7. The maximum atomic E-state index is 11.2. The summed E-state index contributed by atoms with van der Waals surface area (Å²) in [6, 6.07) is 0. The molecule has 0 saturated heterocycles. The van der Waals surface area contributed by atoms with Crippen molar-refractivity contribution in [3.05, 3.63) is 11.6 Å². The quantitative estimate of drug-likeness (QED) is 0.495. The fourth-order valence-corrected chi connectivity index (χ4v) is 1.74. The first-order valence-corrected chi connectivity index (χ1v) is 5.98. The van der Waals surface area contributed by atoms with Crippen molar-refractivity contribution in [2.75, 3.05) is 19.6 Å². The molecule has 0 saturated carbocycles. The molecule has 0 spiro atoms. The fourth-order valence-electron chi connectivity index (χ4n) is 1.74. The molecule has 86 valence electrons. The van der Waals surface area contributed by atoms with E-state index in [2.05, 4.69) is 23.6 Å². The largest absolute Gasteiger partial charge is 0.355 e. The Morgan fingerprint density at radius 2 is 2.33 bits per heavy atom. The summed E-state index contributed by atoms with van der Waals surface area (Å²) in [7, 11) is 0. The number of hydrogen-bond donors (Lipinski definition) is 2. The minimum absolute atomic E-state index is 0.109. The molecule has 0 aromatic heterocycles. The minimum Gasteiger partial charge on any atom is -0.355 e. The molecule has 3 heteroatoms. The van der Waals surface area contributed by atoms with E-state index < -0.39 is 0 Å². The van der Waals surface area contributed by atoms with Gasteiger partial charge in [0.15, 0.2) is 0 Å². The lowest BCUT2D eigenvalue weighted by Crippen LogP contribution is -2.34. The van der Waals surface area contributed by atoms with Crippen molar-refractivity contribution in [2.45, 2.75) is 39.0 Å². The number of hydrogen-bond acceptors (Lipinski definition) is 2. The van der Waals surface area contributed by atoms with Crippen LogP contribution in [0, 0.1) is 0 Å². The summed E-state index contributed by atoms with van der Waals surface area (Å²) >= 11 is 0. The van der Waals surface area contributed by atoms with Gasteiger partial charge in [-0.1, -0.05) is 18.6 Å². The molecule has 15 heavy (non-hydrogen) atoms. The third-order valence-electron chi connectivity index (χ3n) is 2.62. The highest BCUT2D eigenvalue weighted by Crippen LogP contribution is 2.19. The van der Waals surface area contributed by atoms with E-state index in [1.165, 1.54) is 19.3 Å². The van der Waals surface area contributed by atoms with E-state index in [0.717, 1.165) is 25.9 Å². The van der Waals surface area contributed by atoms with Crippen LogP contribution in [-0.2, 0) is 4.79 Å². The van der Waals surface area contributed by atoms with Crippen LogP contribution in [0.5, 0.6) is 0 Å². The first-order valence-electron chi connectivity index (χ1n) is 5.98. The molecule has 0 radical (unpaired) electrons. The Morgan fingerprint density at radius 1 is 1.47 bits per heavy atom. The second kappa shape index (κ2) is 7.46. The first kappa shape index (κ1) is 12.2. The molecule has 0 heterocycles. The monoisotopic (exact) mass is 210 g/mol. The van der Waals surface area contributed by atoms with Crippen LogP contribution < -0.4 is 10.6 Å². The maximum Gasteiger partial charge on any atom is 0.233 e. The highest BCUT2D eigenvalue weighted by Gasteiger charge is 2.04. The predicted octanol–water partition coefficient (Wildman–Crippen LogP) is 1.60. The van der Waals surface area contributed by atoms with E-state index in [4.69, 9.17) is 0 Å². The Morgan fingerprint density at radius 3 is 3.00 bits per heavy atom. The van der Waals surface area contributed by atoms with Crippen LogP contribution in [0.3, 0.4) is 0 Å². The van der Waals surface area contributed by atoms with E-state index in [1.807, 2.05) is 0 Å². The highest BCUT2D eigenvalue weighted by atomic mass is 16.1. The summed E-state index contributed by atoms with van der Waals surface area (Å²) in [6.07, 6.45) is 8.24. The standard InChI is InChI=1S/C12H22N2O/c1-2-8-14-12(15)10-13-9-7-11-5-3-4-6-11/h5,13H,2-4,6-10H2,1H3,(H,14,15). The molecule has 1 amide bonds. The zero-order valence-corrected chi connectivity index (χ0v) is 9.64. The van der Waals surface area contributed by atoms with Gasteiger partial charge in [0, 0.05) is 6.54 Å². The van der Waals surface area contributed by atoms with E-state index in [-0.39, 0.29) is 5.91 Å². The average Bonchev–Trinajstić information content (AvgIpc) is 2.74. The number of amides is 1. The van der Waals surface area contributed by atoms with Crippen molar-refractivity contribution in [1.29, 1.82) is 0 Å². The van der Waals surface area contributed by atoms with Crippen LogP contribution in [0.2, 0.25) is 0 Å². The van der Waals surface area contributed by atoms with Crippen LogP contribution in [0.4, 0.5) is 0 Å². The van der Waals surface area contributed by atoms with Gasteiger partial charge in [-0.25, -0.2) is 0 Å². The van der Waals surface area contributed by atoms with Gasteiger partial charge in [-0.2, -0.15) is 0 Å². The normalized spacial score (nSPS) is 15.1. The molecule has 3 nitrogen and oxygen atoms in total. The number of allylic oxidation sites excluding steroid dienone is 1. The van der Waals surface area contributed by atoms with E-state index in [1.54, 1.807) is 5.57 Å². The molecule has 0 aromatic carbocycles. The third kappa shape index (κ3) is 5.57. The molecule has 2 N–H and O–H groups in total. The Bertz CT molecular complexity index is 224. The van der Waals surface area contributed by atoms with Crippen molar-refractivity contribution in [3.63, 3.8) is 0 Å². The number of nitrogens with one attached hydrogen (secondary N) is 2. The van der Waals surface area contributed by atoms with Gasteiger partial charge in [0.2, 0.25) is 5.91 Å². The van der Waals surface area contributed by atoms with Crippen molar-refractivity contribution in [1.82, 2.24) is 10.6 Å². The molecule has 0 fully saturated rings. The topological polar surface area (TPSA) is 41.1 Å². The molecule has 0 aliphatic heterocycles. The van der Waals surface area contributed by atoms with Crippen LogP contribution in [0.25, 0.3) is 0 Å². The Hall–Kier alpha value is -0.830. The molecule has 1 rings (SSSR count). The van der Waals surface area contributed by atoms with Gasteiger partial charge in [0.1, 0.15) is 0 Å². The number of carbonyl (C=O) groups excluding carboxylic acids is 1. The molecule has 0 aromatic rings. The number of carbonyl (C=O) groups is 1. The van der Waals surface area contributed by atoms with E-state index in [0.29, 0.717) is 6.54 Å². The second-order valence-electron chi connectivity index (χ2n) is 4.03. The fraction of sp³-hybridized carbons (Fsp3) is 0.750. The van der Waals surface area contributed by atoms with Crippen molar-refractivity contribution in [3.8, 4) is 0 Å². The predicted molar refractivity (Wildman–Crippen MR) is 62.7 cm³/mol. The van der Waals surface area contributed by atoms with Gasteiger partial charge in [0.05, 0.1) is 6.54 Å². The van der Waals surface area contributed by atoms with Gasteiger partial charge in [0.25, 0.3) is 0 Å². The SMILES string of the molecule is CCCNC(=O)CNCCC1=CCCC1. The summed E-state index contributed by atoms with van der Waals surface area (Å²) in [5.41, 5.74) is 1.55. The van der Waals surface area contributed by atoms with Crippen LogP contribution >= 0.6 is 0 Å². The maximum absolute atomic E-state index is 11.2. The molecule has 0 atom stereocenters. The Kier molecular flexibility index (Phi) is 6.09. The Balaban J connectivity index is 1.94.